The van der Waals surface area contributed by atoms with Crippen molar-refractivity contribution in [3.05, 3.63) is 66.2 Å². The van der Waals surface area contributed by atoms with Crippen LogP contribution in [-0.2, 0) is 4.74 Å². The Morgan fingerprint density at radius 3 is 2.23 bits per heavy atom. The van der Waals surface area contributed by atoms with Crippen LogP contribution >= 0.6 is 11.6 Å². The van der Waals surface area contributed by atoms with Crippen molar-refractivity contribution in [2.45, 2.75) is 13.0 Å². The number of anilines is 1. The number of rotatable bonds is 7. The van der Waals surface area contributed by atoms with Crippen molar-refractivity contribution in [1.82, 2.24) is 0 Å². The number of halogens is 1. The van der Waals surface area contributed by atoms with Crippen LogP contribution in [0.15, 0.2) is 60.7 Å². The van der Waals surface area contributed by atoms with Crippen LogP contribution in [0.5, 0.6) is 0 Å². The van der Waals surface area contributed by atoms with Gasteiger partial charge in [-0.2, -0.15) is 0 Å². The molecule has 0 bridgehead atoms. The van der Waals surface area contributed by atoms with Gasteiger partial charge in [0.2, 0.25) is 0 Å². The second-order valence-electron chi connectivity index (χ2n) is 4.92. The molecular weight excluding hydrogens is 298 g/mol. The number of carbonyl (C=O) groups excluding carboxylic acids is 1. The van der Waals surface area contributed by atoms with Gasteiger partial charge in [0.25, 0.3) is 0 Å². The minimum Gasteiger partial charge on any atom is -0.456 e. The zero-order valence-electron chi connectivity index (χ0n) is 12.6. The Balaban J connectivity index is 2.01. The van der Waals surface area contributed by atoms with Crippen LogP contribution in [0.4, 0.5) is 5.69 Å². The maximum Gasteiger partial charge on any atom is 0.338 e. The summed E-state index contributed by atoms with van der Waals surface area (Å²) in [6.45, 7) is 3.46. The van der Waals surface area contributed by atoms with E-state index in [1.165, 1.54) is 0 Å². The van der Waals surface area contributed by atoms with E-state index in [0.717, 1.165) is 12.2 Å². The topological polar surface area (TPSA) is 29.5 Å². The number of hydrogen-bond acceptors (Lipinski definition) is 3. The molecule has 1 unspecified atom stereocenters. The molecule has 0 aliphatic carbocycles. The molecule has 0 radical (unpaired) electrons. The monoisotopic (exact) mass is 317 g/mol. The Labute approximate surface area is 136 Å². The number of para-hydroxylation sites is 1. The summed E-state index contributed by atoms with van der Waals surface area (Å²) in [4.78, 5) is 14.3. The van der Waals surface area contributed by atoms with Crippen molar-refractivity contribution in [3.8, 4) is 0 Å². The Kier molecular flexibility index (Phi) is 6.28. The fraction of sp³-hybridized carbons (Fsp3) is 0.278. The normalized spacial score (nSPS) is 11.7. The number of carbonyl (C=O) groups is 1. The zero-order chi connectivity index (χ0) is 15.8. The minimum absolute atomic E-state index is 0.266. The number of nitrogens with zero attached hydrogens (tertiary/aromatic N) is 1. The largest absolute Gasteiger partial charge is 0.456 e. The molecule has 0 saturated heterocycles. The summed E-state index contributed by atoms with van der Waals surface area (Å²) in [7, 11) is 0. The molecule has 1 atom stereocenters. The summed E-state index contributed by atoms with van der Waals surface area (Å²) in [5.41, 5.74) is 1.64. The van der Waals surface area contributed by atoms with E-state index >= 15 is 0 Å². The molecule has 22 heavy (non-hydrogen) atoms. The first kappa shape index (κ1) is 16.4. The standard InChI is InChI=1S/C18H20ClNO2/c1-2-20(16-11-7-4-8-12-16)14-17(13-19)22-18(21)15-9-5-3-6-10-15/h3-12,17H,2,13-14H2,1H3. The SMILES string of the molecule is CCN(CC(CCl)OC(=O)c1ccccc1)c1ccccc1. The molecule has 0 N–H and O–H groups in total. The van der Waals surface area contributed by atoms with Crippen LogP contribution in [0.25, 0.3) is 0 Å². The lowest BCUT2D eigenvalue weighted by atomic mass is 10.2. The highest BCUT2D eigenvalue weighted by atomic mass is 35.5. The molecule has 116 valence electrons. The fourth-order valence-corrected chi connectivity index (χ4v) is 2.37. The van der Waals surface area contributed by atoms with Crippen LogP contribution < -0.4 is 4.90 Å². The second-order valence-corrected chi connectivity index (χ2v) is 5.23. The van der Waals surface area contributed by atoms with Gasteiger partial charge in [0.1, 0.15) is 6.10 Å². The van der Waals surface area contributed by atoms with Gasteiger partial charge in [-0.05, 0) is 31.2 Å². The van der Waals surface area contributed by atoms with E-state index in [0.29, 0.717) is 12.1 Å². The Morgan fingerprint density at radius 2 is 1.68 bits per heavy atom. The molecule has 2 rings (SSSR count). The third-order valence-corrected chi connectivity index (χ3v) is 3.73. The number of alkyl halides is 1. The van der Waals surface area contributed by atoms with Crippen LogP contribution in [-0.4, -0.2) is 31.0 Å². The van der Waals surface area contributed by atoms with Gasteiger partial charge in [0.15, 0.2) is 0 Å². The molecule has 0 aliphatic heterocycles. The lowest BCUT2D eigenvalue weighted by molar-refractivity contribution is 0.0362. The van der Waals surface area contributed by atoms with Crippen molar-refractivity contribution in [2.75, 3.05) is 23.9 Å². The highest BCUT2D eigenvalue weighted by Crippen LogP contribution is 2.15. The average molecular weight is 318 g/mol. The van der Waals surface area contributed by atoms with E-state index in [9.17, 15) is 4.79 Å². The fourth-order valence-electron chi connectivity index (χ4n) is 2.21. The summed E-state index contributed by atoms with van der Waals surface area (Å²) in [6.07, 6.45) is -0.352. The van der Waals surface area contributed by atoms with E-state index in [-0.39, 0.29) is 18.0 Å². The van der Waals surface area contributed by atoms with Crippen molar-refractivity contribution in [3.63, 3.8) is 0 Å². The third-order valence-electron chi connectivity index (χ3n) is 3.38. The Hall–Kier alpha value is -2.00. The second kappa shape index (κ2) is 8.44. The predicted octanol–water partition coefficient (Wildman–Crippen LogP) is 3.98. The van der Waals surface area contributed by atoms with E-state index < -0.39 is 0 Å². The van der Waals surface area contributed by atoms with Gasteiger partial charge in [-0.15, -0.1) is 11.6 Å². The van der Waals surface area contributed by atoms with Crippen LogP contribution in [0.1, 0.15) is 17.3 Å². The van der Waals surface area contributed by atoms with E-state index in [2.05, 4.69) is 11.8 Å². The first-order chi connectivity index (χ1) is 10.7. The highest BCUT2D eigenvalue weighted by Gasteiger charge is 2.18. The molecule has 0 saturated carbocycles. The quantitative estimate of drug-likeness (QED) is 0.571. The summed E-state index contributed by atoms with van der Waals surface area (Å²) in [6, 6.07) is 19.0. The van der Waals surface area contributed by atoms with Crippen LogP contribution in [0.3, 0.4) is 0 Å². The van der Waals surface area contributed by atoms with Crippen molar-refractivity contribution < 1.29 is 9.53 Å². The lowest BCUT2D eigenvalue weighted by Gasteiger charge is -2.27. The lowest BCUT2D eigenvalue weighted by Crippen LogP contribution is -2.36. The summed E-state index contributed by atoms with van der Waals surface area (Å²) in [5.74, 6) is -0.0718. The molecule has 4 heteroatoms. The Morgan fingerprint density at radius 1 is 1.09 bits per heavy atom. The molecule has 0 spiro atoms. The van der Waals surface area contributed by atoms with Gasteiger partial charge in [0, 0.05) is 12.2 Å². The number of hydrogen-bond donors (Lipinski definition) is 0. The van der Waals surface area contributed by atoms with Crippen molar-refractivity contribution in [2.24, 2.45) is 0 Å². The van der Waals surface area contributed by atoms with E-state index in [4.69, 9.17) is 16.3 Å². The minimum atomic E-state index is -0.352. The summed E-state index contributed by atoms with van der Waals surface area (Å²) < 4.78 is 5.53. The Bertz CT molecular complexity index is 574. The zero-order valence-corrected chi connectivity index (χ0v) is 13.4. The van der Waals surface area contributed by atoms with Crippen LogP contribution in [0, 0.1) is 0 Å². The summed E-state index contributed by atoms with van der Waals surface area (Å²) in [5, 5.41) is 0. The van der Waals surface area contributed by atoms with Gasteiger partial charge in [0.05, 0.1) is 18.0 Å². The van der Waals surface area contributed by atoms with Gasteiger partial charge in [-0.1, -0.05) is 36.4 Å². The number of ether oxygens (including phenoxy) is 1. The van der Waals surface area contributed by atoms with E-state index in [1.54, 1.807) is 12.1 Å². The molecule has 0 fully saturated rings. The maximum atomic E-state index is 12.1. The summed E-state index contributed by atoms with van der Waals surface area (Å²) >= 11 is 5.98. The number of esters is 1. The number of likely N-dealkylation sites (N-methyl/N-ethyl adjacent to an activating group) is 1. The van der Waals surface area contributed by atoms with E-state index in [1.807, 2.05) is 48.5 Å². The van der Waals surface area contributed by atoms with Gasteiger partial charge < -0.3 is 9.64 Å². The van der Waals surface area contributed by atoms with Crippen LogP contribution in [0.2, 0.25) is 0 Å². The molecule has 0 aromatic heterocycles. The molecular formula is C18H20ClNO2. The molecule has 0 amide bonds. The average Bonchev–Trinajstić information content (AvgIpc) is 2.60. The highest BCUT2D eigenvalue weighted by molar-refractivity contribution is 6.18. The van der Waals surface area contributed by atoms with Crippen molar-refractivity contribution in [1.29, 1.82) is 0 Å². The molecule has 0 aliphatic rings. The van der Waals surface area contributed by atoms with Gasteiger partial charge in [-0.25, -0.2) is 4.79 Å². The van der Waals surface area contributed by atoms with Gasteiger partial charge in [-0.3, -0.25) is 0 Å². The molecule has 3 nitrogen and oxygen atoms in total. The number of benzene rings is 2. The van der Waals surface area contributed by atoms with Gasteiger partial charge >= 0.3 is 5.97 Å². The predicted molar refractivity (Wildman–Crippen MR) is 90.7 cm³/mol. The third kappa shape index (κ3) is 4.50. The first-order valence-electron chi connectivity index (χ1n) is 7.36. The molecule has 0 heterocycles. The smallest absolute Gasteiger partial charge is 0.338 e. The van der Waals surface area contributed by atoms with Crippen molar-refractivity contribution >= 4 is 23.3 Å². The first-order valence-corrected chi connectivity index (χ1v) is 7.90. The molecule has 2 aromatic rings. The molecule has 2 aromatic carbocycles. The maximum absolute atomic E-state index is 12.1.